The fraction of sp³-hybridized carbons (Fsp3) is 0.571. The van der Waals surface area contributed by atoms with E-state index in [0.29, 0.717) is 38.0 Å². The third-order valence-corrected chi connectivity index (χ3v) is 4.72. The molecule has 2 amide bonds. The van der Waals surface area contributed by atoms with E-state index in [1.807, 2.05) is 24.3 Å². The van der Waals surface area contributed by atoms with E-state index in [1.54, 1.807) is 14.0 Å². The molecule has 0 saturated heterocycles. The number of alkyl carbamates (subject to hydrolysis) is 1. The quantitative estimate of drug-likeness (QED) is 0.394. The molecular formula is C21H33N5O3. The molecule has 0 spiro atoms. The van der Waals surface area contributed by atoms with Crippen molar-refractivity contribution in [2.75, 3.05) is 32.1 Å². The number of aliphatic imine (C=N–C) groups is 1. The molecule has 1 aromatic rings. The molecular weight excluding hydrogens is 370 g/mol. The Hall–Kier alpha value is -2.77. The first kappa shape index (κ1) is 22.5. The van der Waals surface area contributed by atoms with Gasteiger partial charge >= 0.3 is 6.09 Å². The van der Waals surface area contributed by atoms with Gasteiger partial charge in [-0.3, -0.25) is 9.79 Å². The van der Waals surface area contributed by atoms with Crippen LogP contribution in [0.1, 0.15) is 45.1 Å². The van der Waals surface area contributed by atoms with Crippen molar-refractivity contribution in [2.24, 2.45) is 10.9 Å². The number of hydrogen-bond acceptors (Lipinski definition) is 4. The highest BCUT2D eigenvalue weighted by Crippen LogP contribution is 2.31. The van der Waals surface area contributed by atoms with Gasteiger partial charge in [0.15, 0.2) is 5.96 Å². The number of rotatable bonds is 8. The number of nitrogens with zero attached hydrogens (tertiary/aromatic N) is 1. The molecule has 160 valence electrons. The Kier molecular flexibility index (Phi) is 8.76. The van der Waals surface area contributed by atoms with Crippen LogP contribution in [0.2, 0.25) is 0 Å². The second kappa shape index (κ2) is 11.3. The van der Waals surface area contributed by atoms with E-state index in [2.05, 4.69) is 40.1 Å². The summed E-state index contributed by atoms with van der Waals surface area (Å²) >= 11 is 0. The molecule has 1 heterocycles. The van der Waals surface area contributed by atoms with Crippen molar-refractivity contribution in [3.8, 4) is 0 Å². The minimum absolute atomic E-state index is 0.0223. The van der Waals surface area contributed by atoms with E-state index >= 15 is 0 Å². The lowest BCUT2D eigenvalue weighted by Gasteiger charge is -2.27. The van der Waals surface area contributed by atoms with Crippen molar-refractivity contribution in [1.82, 2.24) is 16.0 Å². The minimum Gasteiger partial charge on any atom is -0.450 e. The number of amides is 2. The average molecular weight is 404 g/mol. The van der Waals surface area contributed by atoms with E-state index < -0.39 is 6.09 Å². The van der Waals surface area contributed by atoms with Gasteiger partial charge in [-0.25, -0.2) is 4.79 Å². The number of carbonyl (C=O) groups is 2. The van der Waals surface area contributed by atoms with Gasteiger partial charge in [-0.1, -0.05) is 32.0 Å². The van der Waals surface area contributed by atoms with Crippen molar-refractivity contribution in [3.63, 3.8) is 0 Å². The summed E-state index contributed by atoms with van der Waals surface area (Å²) in [7, 11) is 1.70. The largest absolute Gasteiger partial charge is 0.450 e. The number of ether oxygens (including phenoxy) is 1. The lowest BCUT2D eigenvalue weighted by atomic mass is 9.90. The first-order valence-electron chi connectivity index (χ1n) is 10.2. The highest BCUT2D eigenvalue weighted by atomic mass is 16.5. The SMILES string of the molecule is CCOC(=O)NC(CNC(=NC)NCC1CC(=O)Nc2ccccc21)CC(C)C. The second-order valence-electron chi connectivity index (χ2n) is 7.56. The third kappa shape index (κ3) is 7.29. The number of guanidine groups is 1. The summed E-state index contributed by atoms with van der Waals surface area (Å²) in [6.07, 6.45) is 0.841. The maximum absolute atomic E-state index is 12.0. The van der Waals surface area contributed by atoms with Gasteiger partial charge in [0.2, 0.25) is 5.91 Å². The molecule has 0 radical (unpaired) electrons. The average Bonchev–Trinajstić information content (AvgIpc) is 2.67. The predicted octanol–water partition coefficient (Wildman–Crippen LogP) is 2.44. The Morgan fingerprint density at radius 3 is 2.76 bits per heavy atom. The zero-order valence-electron chi connectivity index (χ0n) is 17.7. The number of hydrogen-bond donors (Lipinski definition) is 4. The fourth-order valence-electron chi connectivity index (χ4n) is 3.45. The first-order valence-corrected chi connectivity index (χ1v) is 10.2. The third-order valence-electron chi connectivity index (χ3n) is 4.72. The normalized spacial score (nSPS) is 17.2. The number of nitrogens with one attached hydrogen (secondary N) is 4. The summed E-state index contributed by atoms with van der Waals surface area (Å²) in [6, 6.07) is 7.78. The van der Waals surface area contributed by atoms with Crippen LogP contribution in [0, 0.1) is 5.92 Å². The summed E-state index contributed by atoms with van der Waals surface area (Å²) in [4.78, 5) is 28.0. The maximum Gasteiger partial charge on any atom is 0.407 e. The van der Waals surface area contributed by atoms with Crippen molar-refractivity contribution >= 4 is 23.6 Å². The van der Waals surface area contributed by atoms with E-state index in [1.165, 1.54) is 0 Å². The number of benzene rings is 1. The molecule has 0 aliphatic carbocycles. The Morgan fingerprint density at radius 1 is 1.31 bits per heavy atom. The van der Waals surface area contributed by atoms with Gasteiger partial charge < -0.3 is 26.0 Å². The first-order chi connectivity index (χ1) is 13.9. The predicted molar refractivity (Wildman–Crippen MR) is 115 cm³/mol. The Labute approximate surface area is 172 Å². The highest BCUT2D eigenvalue weighted by molar-refractivity contribution is 5.94. The van der Waals surface area contributed by atoms with Crippen LogP contribution in [0.25, 0.3) is 0 Å². The molecule has 2 atom stereocenters. The van der Waals surface area contributed by atoms with Crippen molar-refractivity contribution in [3.05, 3.63) is 29.8 Å². The van der Waals surface area contributed by atoms with Crippen LogP contribution in [0.15, 0.2) is 29.3 Å². The molecule has 2 unspecified atom stereocenters. The van der Waals surface area contributed by atoms with Crippen LogP contribution in [0.4, 0.5) is 10.5 Å². The standard InChI is InChI=1S/C21H33N5O3/c1-5-29-21(28)25-16(10-14(2)3)13-24-20(22-4)23-12-15-11-19(27)26-18-9-7-6-8-17(15)18/h6-9,14-16H,5,10-13H2,1-4H3,(H,25,28)(H,26,27)(H2,22,23,24). The molecule has 0 bridgehead atoms. The zero-order valence-corrected chi connectivity index (χ0v) is 17.7. The van der Waals surface area contributed by atoms with Gasteiger partial charge in [-0.05, 0) is 30.9 Å². The molecule has 1 aromatic carbocycles. The van der Waals surface area contributed by atoms with E-state index in [4.69, 9.17) is 4.74 Å². The molecule has 4 N–H and O–H groups in total. The maximum atomic E-state index is 12.0. The monoisotopic (exact) mass is 403 g/mol. The molecule has 8 heteroatoms. The minimum atomic E-state index is -0.410. The summed E-state index contributed by atoms with van der Waals surface area (Å²) < 4.78 is 5.00. The lowest BCUT2D eigenvalue weighted by molar-refractivity contribution is -0.116. The molecule has 29 heavy (non-hydrogen) atoms. The smallest absolute Gasteiger partial charge is 0.407 e. The van der Waals surface area contributed by atoms with Crippen LogP contribution < -0.4 is 21.3 Å². The molecule has 0 saturated carbocycles. The number of fused-ring (bicyclic) bond motifs is 1. The van der Waals surface area contributed by atoms with Crippen molar-refractivity contribution < 1.29 is 14.3 Å². The van der Waals surface area contributed by atoms with Crippen LogP contribution in [-0.4, -0.2) is 50.7 Å². The molecule has 8 nitrogen and oxygen atoms in total. The van der Waals surface area contributed by atoms with Gasteiger partial charge in [0.1, 0.15) is 0 Å². The van der Waals surface area contributed by atoms with Crippen LogP contribution in [0.3, 0.4) is 0 Å². The summed E-state index contributed by atoms with van der Waals surface area (Å²) in [5, 5.41) is 12.4. The lowest BCUT2D eigenvalue weighted by Crippen LogP contribution is -2.48. The highest BCUT2D eigenvalue weighted by Gasteiger charge is 2.25. The van der Waals surface area contributed by atoms with Gasteiger partial charge in [-0.2, -0.15) is 0 Å². The molecule has 0 aromatic heterocycles. The number of carbonyl (C=O) groups excluding carboxylic acids is 2. The fourth-order valence-corrected chi connectivity index (χ4v) is 3.45. The van der Waals surface area contributed by atoms with Crippen molar-refractivity contribution in [2.45, 2.75) is 45.6 Å². The summed E-state index contributed by atoms with van der Waals surface area (Å²) in [5.74, 6) is 1.15. The molecule has 1 aliphatic rings. The number of para-hydroxylation sites is 1. The topological polar surface area (TPSA) is 104 Å². The van der Waals surface area contributed by atoms with E-state index in [0.717, 1.165) is 17.7 Å². The molecule has 2 rings (SSSR count). The molecule has 1 aliphatic heterocycles. The van der Waals surface area contributed by atoms with Gasteiger partial charge in [0.25, 0.3) is 0 Å². The summed E-state index contributed by atoms with van der Waals surface area (Å²) in [5.41, 5.74) is 1.99. The Morgan fingerprint density at radius 2 is 2.07 bits per heavy atom. The zero-order chi connectivity index (χ0) is 21.2. The van der Waals surface area contributed by atoms with E-state index in [-0.39, 0.29) is 17.9 Å². The number of anilines is 1. The van der Waals surface area contributed by atoms with Crippen molar-refractivity contribution in [1.29, 1.82) is 0 Å². The Balaban J connectivity index is 1.91. The van der Waals surface area contributed by atoms with Crippen LogP contribution in [0.5, 0.6) is 0 Å². The van der Waals surface area contributed by atoms with Crippen LogP contribution >= 0.6 is 0 Å². The van der Waals surface area contributed by atoms with Crippen LogP contribution in [-0.2, 0) is 9.53 Å². The Bertz CT molecular complexity index is 720. The van der Waals surface area contributed by atoms with Gasteiger partial charge in [0, 0.05) is 44.2 Å². The van der Waals surface area contributed by atoms with E-state index in [9.17, 15) is 9.59 Å². The molecule has 0 fully saturated rings. The van der Waals surface area contributed by atoms with Gasteiger partial charge in [0.05, 0.1) is 6.61 Å². The van der Waals surface area contributed by atoms with Gasteiger partial charge in [-0.15, -0.1) is 0 Å². The second-order valence-corrected chi connectivity index (χ2v) is 7.56. The summed E-state index contributed by atoms with van der Waals surface area (Å²) in [6.45, 7) is 7.46.